The molecule has 0 spiro atoms. The van der Waals surface area contributed by atoms with E-state index in [1.54, 1.807) is 0 Å². The van der Waals surface area contributed by atoms with Crippen molar-refractivity contribution < 1.29 is 19.2 Å². The second-order valence-corrected chi connectivity index (χ2v) is 7.63. The zero-order valence-electron chi connectivity index (χ0n) is 18.6. The topological polar surface area (TPSA) is 201 Å². The molecular weight excluding hydrogens is 414 g/mol. The zero-order valence-corrected chi connectivity index (χ0v) is 18.6. The van der Waals surface area contributed by atoms with Crippen molar-refractivity contribution >= 4 is 23.7 Å². The van der Waals surface area contributed by atoms with Crippen molar-refractivity contribution in [1.82, 2.24) is 10.6 Å². The zero-order chi connectivity index (χ0) is 24.1. The minimum Gasteiger partial charge on any atom is -0.393 e. The van der Waals surface area contributed by atoms with Crippen molar-refractivity contribution in [2.24, 2.45) is 39.9 Å². The molecule has 2 unspecified atom stereocenters. The molecule has 10 N–H and O–H groups in total. The summed E-state index contributed by atoms with van der Waals surface area (Å²) in [6, 6.07) is 7.54. The van der Waals surface area contributed by atoms with Gasteiger partial charge in [0.2, 0.25) is 23.7 Å². The maximum absolute atomic E-state index is 12.9. The molecule has 11 nitrogen and oxygen atoms in total. The molecule has 0 saturated heterocycles. The molecule has 0 aromatic heterocycles. The molecule has 11 heteroatoms. The van der Waals surface area contributed by atoms with Gasteiger partial charge in [-0.15, -0.1) is 0 Å². The molecule has 1 aromatic carbocycles. The summed E-state index contributed by atoms with van der Waals surface area (Å²) >= 11 is 0. The number of carbonyl (C=O) groups is 3. The Labute approximate surface area is 188 Å². The standard InChI is InChI=1S/C21H35N7O4/c1-3-13(2)15(12-26-20(31)16(22)9-10-32-28-21(24)25)19(30)27-17(18(23)29)11-14-7-5-4-6-8-14/h4-8,13,15-17H,3,9-12,22H2,1-2H3,(H2,23,29)(H,26,31)(H,27,30)(H4,24,25,28)/t13-,15?,16-,17?/m0/s1. The van der Waals surface area contributed by atoms with Crippen LogP contribution in [-0.4, -0.2) is 48.9 Å². The third kappa shape index (κ3) is 9.65. The summed E-state index contributed by atoms with van der Waals surface area (Å²) in [4.78, 5) is 42.0. The number of amides is 3. The summed E-state index contributed by atoms with van der Waals surface area (Å²) in [6.07, 6.45) is 1.16. The first kappa shape index (κ1) is 26.7. The molecule has 0 saturated carbocycles. The number of nitrogens with zero attached hydrogens (tertiary/aromatic N) is 1. The Hall–Kier alpha value is -3.34. The van der Waals surface area contributed by atoms with E-state index in [-0.39, 0.29) is 43.8 Å². The Morgan fingerprint density at radius 3 is 2.31 bits per heavy atom. The van der Waals surface area contributed by atoms with Gasteiger partial charge in [0.1, 0.15) is 12.6 Å². The van der Waals surface area contributed by atoms with Crippen LogP contribution in [0.5, 0.6) is 0 Å². The number of primary amides is 1. The van der Waals surface area contributed by atoms with Crippen LogP contribution in [0.25, 0.3) is 0 Å². The van der Waals surface area contributed by atoms with Gasteiger partial charge in [-0.3, -0.25) is 14.4 Å². The average molecular weight is 450 g/mol. The van der Waals surface area contributed by atoms with Crippen LogP contribution in [0, 0.1) is 11.8 Å². The Balaban J connectivity index is 2.69. The van der Waals surface area contributed by atoms with Gasteiger partial charge in [-0.05, 0) is 16.6 Å². The Bertz CT molecular complexity index is 769. The van der Waals surface area contributed by atoms with Crippen LogP contribution in [0.4, 0.5) is 0 Å². The van der Waals surface area contributed by atoms with E-state index >= 15 is 0 Å². The highest BCUT2D eigenvalue weighted by atomic mass is 16.6. The molecule has 0 fully saturated rings. The monoisotopic (exact) mass is 449 g/mol. The second kappa shape index (κ2) is 13.9. The lowest BCUT2D eigenvalue weighted by atomic mass is 9.90. The van der Waals surface area contributed by atoms with Crippen LogP contribution in [0.2, 0.25) is 0 Å². The van der Waals surface area contributed by atoms with Crippen LogP contribution in [0.3, 0.4) is 0 Å². The summed E-state index contributed by atoms with van der Waals surface area (Å²) in [6.45, 7) is 3.96. The number of nitrogens with one attached hydrogen (secondary N) is 2. The first-order valence-electron chi connectivity index (χ1n) is 10.5. The number of guanidine groups is 1. The number of hydrogen-bond acceptors (Lipinski definition) is 6. The van der Waals surface area contributed by atoms with Crippen LogP contribution < -0.4 is 33.6 Å². The molecule has 3 amide bonds. The molecule has 0 radical (unpaired) electrons. The molecule has 178 valence electrons. The quantitative estimate of drug-likeness (QED) is 0.0895. The van der Waals surface area contributed by atoms with E-state index in [1.165, 1.54) is 0 Å². The van der Waals surface area contributed by atoms with Crippen LogP contribution in [-0.2, 0) is 25.6 Å². The van der Waals surface area contributed by atoms with Crippen LogP contribution in [0.15, 0.2) is 35.5 Å². The third-order valence-corrected chi connectivity index (χ3v) is 5.13. The van der Waals surface area contributed by atoms with E-state index in [4.69, 9.17) is 27.8 Å². The average Bonchev–Trinajstić information content (AvgIpc) is 2.76. The SMILES string of the molecule is CC[C@H](C)C(CNC(=O)[C@@H](N)CCON=C(N)N)C(=O)NC(Cc1ccccc1)C(N)=O. The van der Waals surface area contributed by atoms with E-state index in [0.29, 0.717) is 6.42 Å². The van der Waals surface area contributed by atoms with Crippen molar-refractivity contribution in [2.75, 3.05) is 13.2 Å². The fraction of sp³-hybridized carbons (Fsp3) is 0.524. The van der Waals surface area contributed by atoms with Crippen molar-refractivity contribution in [3.63, 3.8) is 0 Å². The fourth-order valence-corrected chi connectivity index (χ4v) is 2.96. The Morgan fingerprint density at radius 2 is 1.75 bits per heavy atom. The highest BCUT2D eigenvalue weighted by molar-refractivity contribution is 5.88. The van der Waals surface area contributed by atoms with E-state index in [1.807, 2.05) is 44.2 Å². The van der Waals surface area contributed by atoms with E-state index in [0.717, 1.165) is 5.56 Å². The smallest absolute Gasteiger partial charge is 0.240 e. The van der Waals surface area contributed by atoms with Gasteiger partial charge >= 0.3 is 0 Å². The highest BCUT2D eigenvalue weighted by Crippen LogP contribution is 2.16. The molecule has 0 heterocycles. The lowest BCUT2D eigenvalue weighted by Gasteiger charge is -2.25. The van der Waals surface area contributed by atoms with E-state index in [2.05, 4.69) is 15.8 Å². The predicted molar refractivity (Wildman–Crippen MR) is 122 cm³/mol. The predicted octanol–water partition coefficient (Wildman–Crippen LogP) is -1.10. The fourth-order valence-electron chi connectivity index (χ4n) is 2.96. The number of hydrogen-bond donors (Lipinski definition) is 6. The molecule has 0 bridgehead atoms. The maximum Gasteiger partial charge on any atom is 0.240 e. The van der Waals surface area contributed by atoms with Crippen molar-refractivity contribution in [3.8, 4) is 0 Å². The van der Waals surface area contributed by atoms with Gasteiger partial charge < -0.3 is 38.4 Å². The molecule has 0 aliphatic heterocycles. The van der Waals surface area contributed by atoms with Crippen molar-refractivity contribution in [1.29, 1.82) is 0 Å². The highest BCUT2D eigenvalue weighted by Gasteiger charge is 2.29. The number of nitrogens with two attached hydrogens (primary N) is 4. The Morgan fingerprint density at radius 1 is 1.09 bits per heavy atom. The first-order valence-corrected chi connectivity index (χ1v) is 10.5. The second-order valence-electron chi connectivity index (χ2n) is 7.63. The molecular formula is C21H35N7O4. The summed E-state index contributed by atoms with van der Waals surface area (Å²) in [7, 11) is 0. The number of carbonyl (C=O) groups excluding carboxylic acids is 3. The van der Waals surface area contributed by atoms with E-state index < -0.39 is 29.8 Å². The van der Waals surface area contributed by atoms with Gasteiger partial charge in [0.05, 0.1) is 12.0 Å². The summed E-state index contributed by atoms with van der Waals surface area (Å²) in [5, 5.41) is 8.78. The van der Waals surface area contributed by atoms with Gasteiger partial charge in [-0.1, -0.05) is 50.6 Å². The lowest BCUT2D eigenvalue weighted by Crippen LogP contribution is -2.51. The van der Waals surface area contributed by atoms with Crippen LogP contribution in [0.1, 0.15) is 32.3 Å². The summed E-state index contributed by atoms with van der Waals surface area (Å²) < 4.78 is 0. The van der Waals surface area contributed by atoms with Gasteiger partial charge in [-0.25, -0.2) is 0 Å². The maximum atomic E-state index is 12.9. The molecule has 1 rings (SSSR count). The third-order valence-electron chi connectivity index (χ3n) is 5.13. The van der Waals surface area contributed by atoms with Gasteiger partial charge in [0.25, 0.3) is 0 Å². The summed E-state index contributed by atoms with van der Waals surface area (Å²) in [5.41, 5.74) is 22.5. The minimum atomic E-state index is -0.860. The Kier molecular flexibility index (Phi) is 11.6. The molecule has 32 heavy (non-hydrogen) atoms. The van der Waals surface area contributed by atoms with Crippen molar-refractivity contribution in [2.45, 2.75) is 45.2 Å². The van der Waals surface area contributed by atoms with Gasteiger partial charge in [-0.2, -0.15) is 0 Å². The number of benzene rings is 1. The normalized spacial score (nSPS) is 14.3. The largest absolute Gasteiger partial charge is 0.393 e. The van der Waals surface area contributed by atoms with Gasteiger partial charge in [0.15, 0.2) is 0 Å². The molecule has 0 aliphatic carbocycles. The summed E-state index contributed by atoms with van der Waals surface area (Å²) in [5.74, 6) is -2.27. The van der Waals surface area contributed by atoms with Crippen molar-refractivity contribution in [3.05, 3.63) is 35.9 Å². The van der Waals surface area contributed by atoms with Gasteiger partial charge in [0, 0.05) is 19.4 Å². The van der Waals surface area contributed by atoms with E-state index in [9.17, 15) is 14.4 Å². The molecule has 4 atom stereocenters. The molecule has 0 aliphatic rings. The number of rotatable bonds is 14. The minimum absolute atomic E-state index is 0.0537. The number of oxime groups is 1. The lowest BCUT2D eigenvalue weighted by molar-refractivity contribution is -0.131. The first-order chi connectivity index (χ1) is 15.1. The van der Waals surface area contributed by atoms with Crippen LogP contribution >= 0.6 is 0 Å². The molecule has 1 aromatic rings.